The number of hydrogen-bond acceptors (Lipinski definition) is 1. The molecule has 0 bridgehead atoms. The standard InChI is InChI=1S/C11H12F5N/c1-2-17-9(11(14,15)16)7-4-3-5-8(6-7)10(12)13/h3-6,9-10,17H,2H2,1H3. The molecule has 0 spiro atoms. The Hall–Kier alpha value is -1.17. The predicted molar refractivity (Wildman–Crippen MR) is 53.9 cm³/mol. The van der Waals surface area contributed by atoms with E-state index in [0.717, 1.165) is 12.1 Å². The molecule has 0 aliphatic rings. The lowest BCUT2D eigenvalue weighted by atomic mass is 10.0. The molecule has 0 heterocycles. The van der Waals surface area contributed by atoms with Crippen LogP contribution in [0.5, 0.6) is 0 Å². The minimum Gasteiger partial charge on any atom is -0.303 e. The molecule has 0 saturated heterocycles. The van der Waals surface area contributed by atoms with Crippen LogP contribution in [0.4, 0.5) is 22.0 Å². The first-order valence-corrected chi connectivity index (χ1v) is 5.04. The van der Waals surface area contributed by atoms with E-state index >= 15 is 0 Å². The minimum atomic E-state index is -4.50. The lowest BCUT2D eigenvalue weighted by molar-refractivity contribution is -0.157. The van der Waals surface area contributed by atoms with E-state index in [0.29, 0.717) is 0 Å². The van der Waals surface area contributed by atoms with E-state index in [2.05, 4.69) is 5.32 Å². The highest BCUT2D eigenvalue weighted by molar-refractivity contribution is 5.27. The van der Waals surface area contributed by atoms with Gasteiger partial charge in [-0.05, 0) is 18.2 Å². The van der Waals surface area contributed by atoms with Gasteiger partial charge in [0.15, 0.2) is 0 Å². The topological polar surface area (TPSA) is 12.0 Å². The van der Waals surface area contributed by atoms with E-state index in [4.69, 9.17) is 0 Å². The zero-order chi connectivity index (χ0) is 13.1. The van der Waals surface area contributed by atoms with Crippen LogP contribution < -0.4 is 5.32 Å². The van der Waals surface area contributed by atoms with Crippen molar-refractivity contribution in [3.63, 3.8) is 0 Å². The molecule has 0 fully saturated rings. The Balaban J connectivity index is 3.06. The molecule has 1 aromatic carbocycles. The Morgan fingerprint density at radius 2 is 1.76 bits per heavy atom. The molecule has 6 heteroatoms. The number of nitrogens with one attached hydrogen (secondary N) is 1. The molecule has 0 aliphatic heterocycles. The maximum atomic E-state index is 12.7. The molecule has 0 aliphatic carbocycles. The lowest BCUT2D eigenvalue weighted by Crippen LogP contribution is -2.34. The van der Waals surface area contributed by atoms with Crippen LogP contribution in [0.1, 0.15) is 30.5 Å². The third-order valence-electron chi connectivity index (χ3n) is 2.23. The van der Waals surface area contributed by atoms with Gasteiger partial charge in [-0.2, -0.15) is 13.2 Å². The normalized spacial score (nSPS) is 14.1. The molecule has 0 aromatic heterocycles. The summed E-state index contributed by atoms with van der Waals surface area (Å²) in [6.07, 6.45) is -7.28. The van der Waals surface area contributed by atoms with Gasteiger partial charge in [-0.1, -0.05) is 25.1 Å². The zero-order valence-electron chi connectivity index (χ0n) is 9.06. The van der Waals surface area contributed by atoms with Crippen LogP contribution in [0.2, 0.25) is 0 Å². The SMILES string of the molecule is CCNC(c1cccc(C(F)F)c1)C(F)(F)F. The molecule has 1 unspecified atom stereocenters. The molecule has 17 heavy (non-hydrogen) atoms. The van der Waals surface area contributed by atoms with Crippen LogP contribution in [0.3, 0.4) is 0 Å². The Kier molecular flexibility index (Phi) is 4.45. The fourth-order valence-corrected chi connectivity index (χ4v) is 1.50. The second kappa shape index (κ2) is 5.44. The molecule has 0 amide bonds. The summed E-state index contributed by atoms with van der Waals surface area (Å²) in [5, 5.41) is 2.24. The van der Waals surface area contributed by atoms with E-state index in [-0.39, 0.29) is 12.1 Å². The Morgan fingerprint density at radius 1 is 1.18 bits per heavy atom. The fourth-order valence-electron chi connectivity index (χ4n) is 1.50. The van der Waals surface area contributed by atoms with Gasteiger partial charge in [0.1, 0.15) is 6.04 Å². The first kappa shape index (κ1) is 13.9. The van der Waals surface area contributed by atoms with Gasteiger partial charge in [0.05, 0.1) is 0 Å². The Bertz CT molecular complexity index is 361. The van der Waals surface area contributed by atoms with E-state index in [1.54, 1.807) is 0 Å². The van der Waals surface area contributed by atoms with Crippen LogP contribution in [0, 0.1) is 0 Å². The zero-order valence-corrected chi connectivity index (χ0v) is 9.06. The van der Waals surface area contributed by atoms with Gasteiger partial charge in [0.25, 0.3) is 6.43 Å². The maximum absolute atomic E-state index is 12.7. The highest BCUT2D eigenvalue weighted by atomic mass is 19.4. The fraction of sp³-hybridized carbons (Fsp3) is 0.455. The maximum Gasteiger partial charge on any atom is 0.407 e. The summed E-state index contributed by atoms with van der Waals surface area (Å²) >= 11 is 0. The van der Waals surface area contributed by atoms with Crippen molar-refractivity contribution in [2.75, 3.05) is 6.54 Å². The van der Waals surface area contributed by atoms with Crippen molar-refractivity contribution in [3.8, 4) is 0 Å². The van der Waals surface area contributed by atoms with Crippen LogP contribution in [-0.4, -0.2) is 12.7 Å². The van der Waals surface area contributed by atoms with Crippen molar-refractivity contribution in [2.24, 2.45) is 0 Å². The van der Waals surface area contributed by atoms with Crippen LogP contribution in [-0.2, 0) is 0 Å². The number of benzene rings is 1. The van der Waals surface area contributed by atoms with E-state index in [1.807, 2.05) is 0 Å². The summed E-state index contributed by atoms with van der Waals surface area (Å²) in [7, 11) is 0. The molecule has 1 atom stereocenters. The second-order valence-corrected chi connectivity index (χ2v) is 3.50. The molecular formula is C11H12F5N. The van der Waals surface area contributed by atoms with Gasteiger partial charge < -0.3 is 5.32 Å². The first-order valence-electron chi connectivity index (χ1n) is 5.04. The summed E-state index contributed by atoms with van der Waals surface area (Å²) in [5.41, 5.74) is -0.605. The van der Waals surface area contributed by atoms with Gasteiger partial charge in [0.2, 0.25) is 0 Å². The smallest absolute Gasteiger partial charge is 0.303 e. The number of hydrogen-bond donors (Lipinski definition) is 1. The van der Waals surface area contributed by atoms with Crippen molar-refractivity contribution in [1.82, 2.24) is 5.32 Å². The Morgan fingerprint density at radius 3 is 2.24 bits per heavy atom. The van der Waals surface area contributed by atoms with Crippen LogP contribution in [0.25, 0.3) is 0 Å². The average Bonchev–Trinajstić information content (AvgIpc) is 2.24. The minimum absolute atomic E-state index is 0.100. The summed E-state index contributed by atoms with van der Waals surface area (Å²) in [5.74, 6) is 0. The van der Waals surface area contributed by atoms with Crippen molar-refractivity contribution < 1.29 is 22.0 Å². The lowest BCUT2D eigenvalue weighted by Gasteiger charge is -2.21. The van der Waals surface area contributed by atoms with Gasteiger partial charge >= 0.3 is 6.18 Å². The van der Waals surface area contributed by atoms with Gasteiger partial charge in [-0.15, -0.1) is 0 Å². The molecule has 1 rings (SSSR count). The number of alkyl halides is 5. The monoisotopic (exact) mass is 253 g/mol. The van der Waals surface area contributed by atoms with E-state index in [1.165, 1.54) is 19.1 Å². The van der Waals surface area contributed by atoms with Crippen LogP contribution in [0.15, 0.2) is 24.3 Å². The predicted octanol–water partition coefficient (Wildman–Crippen LogP) is 3.84. The second-order valence-electron chi connectivity index (χ2n) is 3.50. The first-order chi connectivity index (χ1) is 7.86. The third-order valence-corrected chi connectivity index (χ3v) is 2.23. The summed E-state index contributed by atoms with van der Waals surface area (Å²) in [6, 6.07) is 2.46. The van der Waals surface area contributed by atoms with Crippen molar-refractivity contribution in [3.05, 3.63) is 35.4 Å². The molecule has 1 nitrogen and oxygen atoms in total. The number of rotatable bonds is 4. The van der Waals surface area contributed by atoms with Gasteiger partial charge in [-0.3, -0.25) is 0 Å². The quantitative estimate of drug-likeness (QED) is 0.804. The van der Waals surface area contributed by atoms with Crippen LogP contribution >= 0.6 is 0 Å². The Labute approximate surface area is 95.6 Å². The van der Waals surface area contributed by atoms with E-state index < -0.39 is 24.2 Å². The van der Waals surface area contributed by atoms with Crippen molar-refractivity contribution in [2.45, 2.75) is 25.6 Å². The average molecular weight is 253 g/mol. The highest BCUT2D eigenvalue weighted by Gasteiger charge is 2.40. The third kappa shape index (κ3) is 3.66. The molecule has 0 radical (unpaired) electrons. The van der Waals surface area contributed by atoms with Gasteiger partial charge in [-0.25, -0.2) is 8.78 Å². The molecule has 1 aromatic rings. The largest absolute Gasteiger partial charge is 0.407 e. The highest BCUT2D eigenvalue weighted by Crippen LogP contribution is 2.33. The number of halogens is 5. The van der Waals surface area contributed by atoms with Crippen molar-refractivity contribution in [1.29, 1.82) is 0 Å². The van der Waals surface area contributed by atoms with Crippen molar-refractivity contribution >= 4 is 0 Å². The van der Waals surface area contributed by atoms with Gasteiger partial charge in [0, 0.05) is 5.56 Å². The summed E-state index contributed by atoms with van der Waals surface area (Å²) < 4.78 is 62.8. The molecule has 96 valence electrons. The molecular weight excluding hydrogens is 241 g/mol. The van der Waals surface area contributed by atoms with E-state index in [9.17, 15) is 22.0 Å². The summed E-state index contributed by atoms with van der Waals surface area (Å²) in [6.45, 7) is 1.62. The molecule has 1 N–H and O–H groups in total. The molecule has 0 saturated carbocycles. The summed E-state index contributed by atoms with van der Waals surface area (Å²) in [4.78, 5) is 0.